The normalized spacial score (nSPS) is 18.9. The molecular formula is C32H31NO5. The summed E-state index contributed by atoms with van der Waals surface area (Å²) in [6, 6.07) is 25.1. The van der Waals surface area contributed by atoms with Gasteiger partial charge in [-0.05, 0) is 48.6 Å². The largest absolute Gasteiger partial charge is 0.493 e. The first-order valence-corrected chi connectivity index (χ1v) is 12.9. The summed E-state index contributed by atoms with van der Waals surface area (Å²) in [5, 5.41) is 0. The molecule has 2 aliphatic rings. The van der Waals surface area contributed by atoms with Gasteiger partial charge in [-0.3, -0.25) is 14.6 Å². The number of methoxy groups -OCH3 is 1. The number of hydrogen-bond acceptors (Lipinski definition) is 6. The molecule has 0 fully saturated rings. The van der Waals surface area contributed by atoms with E-state index in [1.165, 1.54) is 0 Å². The molecule has 3 aromatic rings. The molecule has 0 N–H and O–H groups in total. The van der Waals surface area contributed by atoms with Crippen LogP contribution in [0.3, 0.4) is 0 Å². The molecule has 2 atom stereocenters. The number of Topliss-reactive ketones (excluding diaryl/α,β-unsaturated/α-hetero) is 1. The summed E-state index contributed by atoms with van der Waals surface area (Å²) in [6.45, 7) is 2.40. The van der Waals surface area contributed by atoms with Crippen LogP contribution in [0.4, 0.5) is 0 Å². The summed E-state index contributed by atoms with van der Waals surface area (Å²) >= 11 is 0. The molecule has 6 heteroatoms. The molecule has 0 saturated carbocycles. The molecule has 6 nitrogen and oxygen atoms in total. The average molecular weight is 510 g/mol. The molecule has 38 heavy (non-hydrogen) atoms. The fourth-order valence-corrected chi connectivity index (χ4v) is 5.22. The monoisotopic (exact) mass is 509 g/mol. The zero-order valence-electron chi connectivity index (χ0n) is 21.7. The molecule has 0 saturated heterocycles. The van der Waals surface area contributed by atoms with Crippen molar-refractivity contribution < 1.29 is 23.8 Å². The van der Waals surface area contributed by atoms with Gasteiger partial charge in [0, 0.05) is 29.3 Å². The van der Waals surface area contributed by atoms with Gasteiger partial charge < -0.3 is 14.2 Å². The van der Waals surface area contributed by atoms with Gasteiger partial charge >= 0.3 is 5.97 Å². The van der Waals surface area contributed by atoms with Gasteiger partial charge in [0.25, 0.3) is 0 Å². The number of carbonyl (C=O) groups is 2. The first-order valence-electron chi connectivity index (χ1n) is 12.9. The smallest absolute Gasteiger partial charge is 0.315 e. The lowest BCUT2D eigenvalue weighted by molar-refractivity contribution is -0.148. The van der Waals surface area contributed by atoms with Crippen LogP contribution in [0.1, 0.15) is 48.8 Å². The van der Waals surface area contributed by atoms with E-state index in [9.17, 15) is 9.59 Å². The van der Waals surface area contributed by atoms with Gasteiger partial charge in [-0.15, -0.1) is 0 Å². The summed E-state index contributed by atoms with van der Waals surface area (Å²) in [5.74, 6) is -0.435. The molecule has 1 aliphatic heterocycles. The quantitative estimate of drug-likeness (QED) is 0.338. The summed E-state index contributed by atoms with van der Waals surface area (Å²) in [4.78, 5) is 31.5. The van der Waals surface area contributed by atoms with E-state index in [-0.39, 0.29) is 12.4 Å². The van der Waals surface area contributed by atoms with Crippen molar-refractivity contribution >= 4 is 17.5 Å². The van der Waals surface area contributed by atoms with Crippen LogP contribution in [-0.2, 0) is 27.5 Å². The van der Waals surface area contributed by atoms with E-state index in [0.29, 0.717) is 35.8 Å². The Balaban J connectivity index is 1.47. The number of ketones is 1. The van der Waals surface area contributed by atoms with E-state index < -0.39 is 17.8 Å². The van der Waals surface area contributed by atoms with E-state index in [0.717, 1.165) is 35.2 Å². The third-order valence-corrected chi connectivity index (χ3v) is 7.10. The van der Waals surface area contributed by atoms with Gasteiger partial charge in [-0.25, -0.2) is 0 Å². The van der Waals surface area contributed by atoms with Crippen molar-refractivity contribution in [2.24, 2.45) is 10.9 Å². The van der Waals surface area contributed by atoms with Gasteiger partial charge in [-0.1, -0.05) is 66.7 Å². The number of nitrogens with zero attached hydrogens (tertiary/aromatic N) is 1. The minimum absolute atomic E-state index is 0.0386. The van der Waals surface area contributed by atoms with Crippen LogP contribution in [0.15, 0.2) is 95.1 Å². The highest BCUT2D eigenvalue weighted by molar-refractivity contribution is 6.08. The van der Waals surface area contributed by atoms with Gasteiger partial charge in [-0.2, -0.15) is 0 Å². The number of rotatable bonds is 8. The number of carbonyl (C=O) groups excluding carboxylic acids is 2. The van der Waals surface area contributed by atoms with Crippen molar-refractivity contribution in [2.75, 3.05) is 7.11 Å². The average Bonchev–Trinajstić information content (AvgIpc) is 2.95. The van der Waals surface area contributed by atoms with E-state index in [4.69, 9.17) is 19.2 Å². The van der Waals surface area contributed by atoms with Crippen LogP contribution >= 0.6 is 0 Å². The highest BCUT2D eigenvalue weighted by Gasteiger charge is 2.43. The fraction of sp³-hybridized carbons (Fsp3) is 0.281. The fourth-order valence-electron chi connectivity index (χ4n) is 5.22. The molecule has 1 heterocycles. The Morgan fingerprint density at radius 2 is 1.58 bits per heavy atom. The molecule has 3 aromatic carbocycles. The second kappa shape index (κ2) is 11.5. The molecule has 0 amide bonds. The Morgan fingerprint density at radius 1 is 0.895 bits per heavy atom. The van der Waals surface area contributed by atoms with Crippen LogP contribution in [-0.4, -0.2) is 24.6 Å². The second-order valence-electron chi connectivity index (χ2n) is 9.62. The van der Waals surface area contributed by atoms with Gasteiger partial charge in [0.1, 0.15) is 19.1 Å². The van der Waals surface area contributed by atoms with Crippen LogP contribution in [0.2, 0.25) is 0 Å². The predicted molar refractivity (Wildman–Crippen MR) is 145 cm³/mol. The Labute approximate surface area is 223 Å². The highest BCUT2D eigenvalue weighted by Crippen LogP contribution is 2.45. The number of ether oxygens (including phenoxy) is 3. The Morgan fingerprint density at radius 3 is 2.26 bits per heavy atom. The molecule has 0 aromatic heterocycles. The third kappa shape index (κ3) is 5.40. The topological polar surface area (TPSA) is 74.2 Å². The van der Waals surface area contributed by atoms with Crippen molar-refractivity contribution in [3.63, 3.8) is 0 Å². The summed E-state index contributed by atoms with van der Waals surface area (Å²) in [7, 11) is 1.59. The van der Waals surface area contributed by atoms with E-state index in [1.54, 1.807) is 7.11 Å². The van der Waals surface area contributed by atoms with E-state index in [1.807, 2.05) is 85.8 Å². The maximum atomic E-state index is 13.5. The number of hydrogen-bond donors (Lipinski definition) is 0. The Bertz CT molecular complexity index is 1380. The number of aliphatic imine (C=N–C) groups is 1. The van der Waals surface area contributed by atoms with Crippen LogP contribution in [0, 0.1) is 5.92 Å². The minimum atomic E-state index is -0.708. The lowest BCUT2D eigenvalue weighted by Crippen LogP contribution is -2.37. The Hall–Kier alpha value is -4.19. The van der Waals surface area contributed by atoms with Crippen molar-refractivity contribution in [1.82, 2.24) is 0 Å². The lowest BCUT2D eigenvalue weighted by Gasteiger charge is -2.34. The SMILES string of the molecule is COc1cc([C@H]2C3=C(CCCC3=O)N=C(C)C2C(=O)OCc2ccccc2)ccc1OCc1ccccc1. The molecule has 0 radical (unpaired) electrons. The van der Waals surface area contributed by atoms with Gasteiger partial charge in [0.15, 0.2) is 17.3 Å². The second-order valence-corrected chi connectivity index (χ2v) is 9.62. The highest BCUT2D eigenvalue weighted by atomic mass is 16.5. The standard InChI is InChI=1S/C32H31NO5/c1-21-29(32(35)38-20-23-12-7-4-8-13-23)30(31-25(33-21)14-9-15-26(31)34)24-16-17-27(28(18-24)36-2)37-19-22-10-5-3-6-11-22/h3-8,10-13,16-18,29-30H,9,14-15,19-20H2,1-2H3/t29?,30-/m1/s1. The third-order valence-electron chi connectivity index (χ3n) is 7.10. The predicted octanol–water partition coefficient (Wildman–Crippen LogP) is 6.20. The van der Waals surface area contributed by atoms with Gasteiger partial charge in [0.05, 0.1) is 7.11 Å². The molecule has 5 rings (SSSR count). The zero-order chi connectivity index (χ0) is 26.5. The van der Waals surface area contributed by atoms with Crippen LogP contribution < -0.4 is 9.47 Å². The summed E-state index contributed by atoms with van der Waals surface area (Å²) in [6.07, 6.45) is 1.93. The first kappa shape index (κ1) is 25.5. The molecule has 0 bridgehead atoms. The maximum absolute atomic E-state index is 13.5. The zero-order valence-corrected chi connectivity index (χ0v) is 21.7. The van der Waals surface area contributed by atoms with Crippen LogP contribution in [0.25, 0.3) is 0 Å². The number of allylic oxidation sites excluding steroid dienone is 2. The number of benzene rings is 3. The molecule has 1 aliphatic carbocycles. The van der Waals surface area contributed by atoms with Crippen molar-refractivity contribution in [1.29, 1.82) is 0 Å². The first-order chi connectivity index (χ1) is 18.5. The molecule has 194 valence electrons. The lowest BCUT2D eigenvalue weighted by atomic mass is 9.71. The van der Waals surface area contributed by atoms with Crippen molar-refractivity contribution in [3.8, 4) is 11.5 Å². The van der Waals surface area contributed by atoms with E-state index >= 15 is 0 Å². The summed E-state index contributed by atoms with van der Waals surface area (Å²) in [5.41, 5.74) is 4.79. The summed E-state index contributed by atoms with van der Waals surface area (Å²) < 4.78 is 17.5. The van der Waals surface area contributed by atoms with Crippen molar-refractivity contribution in [3.05, 3.63) is 107 Å². The van der Waals surface area contributed by atoms with Crippen molar-refractivity contribution in [2.45, 2.75) is 45.3 Å². The molecule has 0 spiro atoms. The van der Waals surface area contributed by atoms with E-state index in [2.05, 4.69) is 0 Å². The number of esters is 1. The molecular weight excluding hydrogens is 478 g/mol. The molecule has 1 unspecified atom stereocenters. The van der Waals surface area contributed by atoms with Gasteiger partial charge in [0.2, 0.25) is 0 Å². The Kier molecular flexibility index (Phi) is 7.68. The maximum Gasteiger partial charge on any atom is 0.315 e. The minimum Gasteiger partial charge on any atom is -0.493 e. The van der Waals surface area contributed by atoms with Crippen LogP contribution in [0.5, 0.6) is 11.5 Å².